The van der Waals surface area contributed by atoms with Crippen molar-refractivity contribution >= 4 is 28.7 Å². The highest BCUT2D eigenvalue weighted by atomic mass is 127. The molecule has 0 radical (unpaired) electrons. The minimum atomic E-state index is -0.515. The number of carbonyl (C=O) groups excluding carboxylic acids is 1. The van der Waals surface area contributed by atoms with Crippen LogP contribution in [0, 0.1) is 3.57 Å². The Morgan fingerprint density at radius 2 is 2.16 bits per heavy atom. The van der Waals surface area contributed by atoms with Crippen molar-refractivity contribution in [1.82, 2.24) is 14.7 Å². The van der Waals surface area contributed by atoms with Gasteiger partial charge >= 0.3 is 6.09 Å². The zero-order valence-corrected chi connectivity index (χ0v) is 17.1. The first kappa shape index (κ1) is 18.9. The number of halogens is 1. The highest BCUT2D eigenvalue weighted by molar-refractivity contribution is 14.1. The number of hydrogen-bond donors (Lipinski definition) is 0. The SMILES string of the molecule is CC(C)(C)OC(=O)N1CC(OC2CCCCO2)C(n2cc(I)cn2)C1. The maximum Gasteiger partial charge on any atom is 0.410 e. The fourth-order valence-corrected chi connectivity index (χ4v) is 3.54. The van der Waals surface area contributed by atoms with Gasteiger partial charge in [0.2, 0.25) is 0 Å². The van der Waals surface area contributed by atoms with Gasteiger partial charge < -0.3 is 19.1 Å². The van der Waals surface area contributed by atoms with Crippen molar-refractivity contribution < 1.29 is 19.0 Å². The van der Waals surface area contributed by atoms with E-state index in [0.717, 1.165) is 29.4 Å². The summed E-state index contributed by atoms with van der Waals surface area (Å²) in [5.41, 5.74) is -0.515. The van der Waals surface area contributed by atoms with Crippen molar-refractivity contribution in [2.75, 3.05) is 19.7 Å². The number of likely N-dealkylation sites (tertiary alicyclic amines) is 1. The van der Waals surface area contributed by atoms with Gasteiger partial charge in [-0.2, -0.15) is 5.10 Å². The first-order valence-corrected chi connectivity index (χ1v) is 9.84. The Kier molecular flexibility index (Phi) is 5.89. The lowest BCUT2D eigenvalue weighted by Gasteiger charge is -2.28. The maximum atomic E-state index is 12.5. The first-order chi connectivity index (χ1) is 11.8. The monoisotopic (exact) mass is 463 g/mol. The second-order valence-corrected chi connectivity index (χ2v) is 8.81. The Morgan fingerprint density at radius 1 is 1.36 bits per heavy atom. The molecule has 0 spiro atoms. The summed E-state index contributed by atoms with van der Waals surface area (Å²) in [5, 5.41) is 4.42. The van der Waals surface area contributed by atoms with Gasteiger partial charge in [-0.05, 0) is 62.6 Å². The number of rotatable bonds is 3. The van der Waals surface area contributed by atoms with Crippen LogP contribution in [-0.4, -0.2) is 58.5 Å². The number of nitrogens with zero attached hydrogens (tertiary/aromatic N) is 3. The second-order valence-electron chi connectivity index (χ2n) is 7.56. The molecule has 0 N–H and O–H groups in total. The van der Waals surface area contributed by atoms with E-state index in [1.165, 1.54) is 0 Å². The van der Waals surface area contributed by atoms with Gasteiger partial charge in [-0.3, -0.25) is 4.68 Å². The molecule has 0 aromatic carbocycles. The second kappa shape index (κ2) is 7.79. The summed E-state index contributed by atoms with van der Waals surface area (Å²) in [6.07, 6.45) is 6.20. The van der Waals surface area contributed by atoms with Crippen LogP contribution in [0.1, 0.15) is 46.1 Å². The molecule has 3 rings (SSSR count). The van der Waals surface area contributed by atoms with Gasteiger partial charge in [0.15, 0.2) is 6.29 Å². The molecule has 140 valence electrons. The summed E-state index contributed by atoms with van der Waals surface area (Å²) in [6, 6.07) is -0.0402. The topological polar surface area (TPSA) is 65.8 Å². The molecule has 2 aliphatic rings. The molecule has 0 bridgehead atoms. The molecular formula is C17H26IN3O4. The molecule has 1 amide bonds. The molecule has 3 heterocycles. The van der Waals surface area contributed by atoms with Gasteiger partial charge in [0.1, 0.15) is 11.7 Å². The third kappa shape index (κ3) is 5.07. The molecule has 25 heavy (non-hydrogen) atoms. The van der Waals surface area contributed by atoms with E-state index in [1.807, 2.05) is 37.8 Å². The van der Waals surface area contributed by atoms with Crippen LogP contribution < -0.4 is 0 Å². The van der Waals surface area contributed by atoms with E-state index in [0.29, 0.717) is 13.1 Å². The van der Waals surface area contributed by atoms with Gasteiger partial charge in [-0.25, -0.2) is 4.79 Å². The average molecular weight is 463 g/mol. The molecule has 8 heteroatoms. The van der Waals surface area contributed by atoms with Crippen LogP contribution in [-0.2, 0) is 14.2 Å². The van der Waals surface area contributed by atoms with Crippen molar-refractivity contribution in [2.24, 2.45) is 0 Å². The zero-order chi connectivity index (χ0) is 18.0. The Labute approximate surface area is 162 Å². The summed E-state index contributed by atoms with van der Waals surface area (Å²) >= 11 is 2.23. The van der Waals surface area contributed by atoms with Gasteiger partial charge in [0.05, 0.1) is 22.4 Å². The molecule has 7 nitrogen and oxygen atoms in total. The molecule has 1 aromatic rings. The van der Waals surface area contributed by atoms with E-state index in [1.54, 1.807) is 4.90 Å². The van der Waals surface area contributed by atoms with E-state index in [9.17, 15) is 4.79 Å². The van der Waals surface area contributed by atoms with Crippen LogP contribution in [0.3, 0.4) is 0 Å². The summed E-state index contributed by atoms with van der Waals surface area (Å²) in [5.74, 6) is 0. The summed E-state index contributed by atoms with van der Waals surface area (Å²) in [4.78, 5) is 14.2. The number of ether oxygens (including phenoxy) is 3. The summed E-state index contributed by atoms with van der Waals surface area (Å²) in [6.45, 7) is 7.35. The van der Waals surface area contributed by atoms with Gasteiger partial charge in [-0.1, -0.05) is 0 Å². The smallest absolute Gasteiger partial charge is 0.410 e. The third-order valence-electron chi connectivity index (χ3n) is 4.26. The largest absolute Gasteiger partial charge is 0.444 e. The van der Waals surface area contributed by atoms with Crippen molar-refractivity contribution in [2.45, 2.75) is 64.1 Å². The third-order valence-corrected chi connectivity index (χ3v) is 4.82. The molecule has 0 saturated carbocycles. The minimum absolute atomic E-state index is 0.0402. The van der Waals surface area contributed by atoms with Crippen LogP contribution >= 0.6 is 22.6 Å². The zero-order valence-electron chi connectivity index (χ0n) is 15.0. The van der Waals surface area contributed by atoms with Crippen LogP contribution in [0.25, 0.3) is 0 Å². The first-order valence-electron chi connectivity index (χ1n) is 8.76. The number of aromatic nitrogens is 2. The molecule has 3 unspecified atom stereocenters. The molecule has 3 atom stereocenters. The molecule has 1 aromatic heterocycles. The van der Waals surface area contributed by atoms with E-state index >= 15 is 0 Å². The average Bonchev–Trinajstić information content (AvgIpc) is 3.13. The number of amides is 1. The Balaban J connectivity index is 1.71. The van der Waals surface area contributed by atoms with Gasteiger partial charge in [0, 0.05) is 19.3 Å². The molecule has 2 aliphatic heterocycles. The minimum Gasteiger partial charge on any atom is -0.444 e. The number of carbonyl (C=O) groups is 1. The van der Waals surface area contributed by atoms with E-state index < -0.39 is 5.60 Å². The molecular weight excluding hydrogens is 437 g/mol. The quantitative estimate of drug-likeness (QED) is 0.645. The summed E-state index contributed by atoms with van der Waals surface area (Å²) in [7, 11) is 0. The van der Waals surface area contributed by atoms with Gasteiger partial charge in [-0.15, -0.1) is 0 Å². The van der Waals surface area contributed by atoms with Crippen molar-refractivity contribution in [3.63, 3.8) is 0 Å². The Hall–Kier alpha value is -0.870. The molecule has 2 fully saturated rings. The standard InChI is InChI=1S/C17H26IN3O4/c1-17(2,3)25-16(22)20-10-13(21-9-12(18)8-19-21)14(11-20)24-15-6-4-5-7-23-15/h8-9,13-15H,4-7,10-11H2,1-3H3. The van der Waals surface area contributed by atoms with Gasteiger partial charge in [0.25, 0.3) is 0 Å². The van der Waals surface area contributed by atoms with Crippen molar-refractivity contribution in [1.29, 1.82) is 0 Å². The molecule has 0 aliphatic carbocycles. The van der Waals surface area contributed by atoms with E-state index in [-0.39, 0.29) is 24.5 Å². The van der Waals surface area contributed by atoms with Crippen LogP contribution in [0.2, 0.25) is 0 Å². The highest BCUT2D eigenvalue weighted by Crippen LogP contribution is 2.29. The van der Waals surface area contributed by atoms with E-state index in [4.69, 9.17) is 14.2 Å². The maximum absolute atomic E-state index is 12.5. The Bertz CT molecular complexity index is 595. The fourth-order valence-electron chi connectivity index (χ4n) is 3.13. The highest BCUT2D eigenvalue weighted by Gasteiger charge is 2.40. The Morgan fingerprint density at radius 3 is 2.76 bits per heavy atom. The predicted octanol–water partition coefficient (Wildman–Crippen LogP) is 3.19. The fraction of sp³-hybridized carbons (Fsp3) is 0.765. The predicted molar refractivity (Wildman–Crippen MR) is 100 cm³/mol. The lowest BCUT2D eigenvalue weighted by molar-refractivity contribution is -0.191. The lowest BCUT2D eigenvalue weighted by atomic mass is 10.2. The van der Waals surface area contributed by atoms with Crippen LogP contribution in [0.5, 0.6) is 0 Å². The van der Waals surface area contributed by atoms with Crippen molar-refractivity contribution in [3.8, 4) is 0 Å². The van der Waals surface area contributed by atoms with Crippen LogP contribution in [0.4, 0.5) is 4.79 Å². The van der Waals surface area contributed by atoms with E-state index in [2.05, 4.69) is 27.7 Å². The number of hydrogen-bond acceptors (Lipinski definition) is 5. The van der Waals surface area contributed by atoms with Crippen molar-refractivity contribution in [3.05, 3.63) is 16.0 Å². The lowest BCUT2D eigenvalue weighted by Crippen LogP contribution is -2.37. The molecule has 2 saturated heterocycles. The normalized spacial score (nSPS) is 27.5. The van der Waals surface area contributed by atoms with Crippen LogP contribution in [0.15, 0.2) is 12.4 Å². The summed E-state index contributed by atoms with van der Waals surface area (Å²) < 4.78 is 20.4.